The number of hydrogen-bond acceptors (Lipinski definition) is 2. The molecule has 0 aromatic rings. The first-order valence-electron chi connectivity index (χ1n) is 8.47. The summed E-state index contributed by atoms with van der Waals surface area (Å²) >= 11 is 0. The molecular weight excluding hydrogens is 369 g/mol. The molecule has 2 nitrogen and oxygen atoms in total. The molecule has 0 aliphatic heterocycles. The molecule has 0 unspecified atom stereocenters. The van der Waals surface area contributed by atoms with Crippen molar-refractivity contribution in [1.29, 1.82) is 0 Å². The van der Waals surface area contributed by atoms with E-state index in [1.807, 2.05) is 0 Å². The van der Waals surface area contributed by atoms with Crippen molar-refractivity contribution in [2.75, 3.05) is 0 Å². The summed E-state index contributed by atoms with van der Waals surface area (Å²) < 4.78 is 0. The maximum absolute atomic E-state index is 10.2. The Morgan fingerprint density at radius 3 is 1.25 bits per heavy atom. The maximum atomic E-state index is 10.2. The number of carboxylic acid groups (broad SMARTS) is 1. The fourth-order valence-electron chi connectivity index (χ4n) is 2.46. The maximum Gasteiger partial charge on any atom is 1.00 e. The summed E-state index contributed by atoms with van der Waals surface area (Å²) in [4.78, 5) is 10.2. The molecule has 0 heterocycles. The molecule has 114 valence electrons. The van der Waals surface area contributed by atoms with Gasteiger partial charge in [0.2, 0.25) is 0 Å². The van der Waals surface area contributed by atoms with Crippen molar-refractivity contribution in [3.05, 3.63) is 0 Å². The van der Waals surface area contributed by atoms with E-state index in [1.165, 1.54) is 77.0 Å². The largest absolute Gasteiger partial charge is 1.00 e. The molecule has 0 saturated heterocycles. The number of hydrogen-bond donors (Lipinski definition) is 0. The quantitative estimate of drug-likeness (QED) is 0.391. The molecule has 0 saturated carbocycles. The molecule has 0 aliphatic rings. The first-order chi connectivity index (χ1) is 9.27. The van der Waals surface area contributed by atoms with Crippen LogP contribution in [-0.2, 0) is 4.79 Å². The Kier molecular flexibility index (Phi) is 24.4. The van der Waals surface area contributed by atoms with E-state index < -0.39 is 5.97 Å². The van der Waals surface area contributed by atoms with E-state index in [4.69, 9.17) is 0 Å². The molecular formula is C17H33CsO2. The van der Waals surface area contributed by atoms with E-state index in [0.717, 1.165) is 12.8 Å². The Balaban J connectivity index is 0. The Morgan fingerprint density at radius 1 is 0.650 bits per heavy atom. The zero-order valence-electron chi connectivity index (χ0n) is 13.9. The molecule has 20 heavy (non-hydrogen) atoms. The van der Waals surface area contributed by atoms with Crippen LogP contribution in [0.3, 0.4) is 0 Å². The van der Waals surface area contributed by atoms with E-state index in [2.05, 4.69) is 6.92 Å². The molecule has 0 aromatic carbocycles. The van der Waals surface area contributed by atoms with Crippen molar-refractivity contribution >= 4 is 5.97 Å². The van der Waals surface area contributed by atoms with Crippen molar-refractivity contribution in [2.45, 2.75) is 103 Å². The van der Waals surface area contributed by atoms with Gasteiger partial charge in [-0.25, -0.2) is 0 Å². The monoisotopic (exact) mass is 402 g/mol. The summed E-state index contributed by atoms with van der Waals surface area (Å²) in [5.74, 6) is -0.904. The molecule has 0 aliphatic carbocycles. The SMILES string of the molecule is CCCCCCCCCCCCCCCCC(=O)[O-].[Cs+]. The van der Waals surface area contributed by atoms with Crippen LogP contribution in [0.25, 0.3) is 0 Å². The summed E-state index contributed by atoms with van der Waals surface area (Å²) in [6.07, 6.45) is 18.4. The summed E-state index contributed by atoms with van der Waals surface area (Å²) in [7, 11) is 0. The molecule has 3 heteroatoms. The van der Waals surface area contributed by atoms with Crippen LogP contribution < -0.4 is 74.0 Å². The second-order valence-electron chi connectivity index (χ2n) is 5.72. The molecule has 0 aromatic heterocycles. The van der Waals surface area contributed by atoms with E-state index in [0.29, 0.717) is 0 Å². The van der Waals surface area contributed by atoms with Gasteiger partial charge in [0.15, 0.2) is 0 Å². The number of carbonyl (C=O) groups excluding carboxylic acids is 1. The van der Waals surface area contributed by atoms with Crippen LogP contribution in [0.15, 0.2) is 0 Å². The van der Waals surface area contributed by atoms with Crippen molar-refractivity contribution in [3.8, 4) is 0 Å². The van der Waals surface area contributed by atoms with Gasteiger partial charge in [0.25, 0.3) is 0 Å². The van der Waals surface area contributed by atoms with Gasteiger partial charge in [-0.1, -0.05) is 90.4 Å². The normalized spacial score (nSPS) is 10.2. The van der Waals surface area contributed by atoms with E-state index >= 15 is 0 Å². The van der Waals surface area contributed by atoms with Crippen molar-refractivity contribution < 1.29 is 78.8 Å². The fourth-order valence-corrected chi connectivity index (χ4v) is 2.46. The van der Waals surface area contributed by atoms with Crippen molar-refractivity contribution in [1.82, 2.24) is 0 Å². The third kappa shape index (κ3) is 21.8. The molecule has 0 radical (unpaired) electrons. The van der Waals surface area contributed by atoms with Gasteiger partial charge in [0.1, 0.15) is 0 Å². The van der Waals surface area contributed by atoms with Gasteiger partial charge in [-0.15, -0.1) is 0 Å². The third-order valence-corrected chi connectivity index (χ3v) is 3.73. The van der Waals surface area contributed by atoms with Crippen LogP contribution >= 0.6 is 0 Å². The summed E-state index contributed by atoms with van der Waals surface area (Å²) in [5.41, 5.74) is 0. The minimum atomic E-state index is -0.904. The Morgan fingerprint density at radius 2 is 0.950 bits per heavy atom. The van der Waals surface area contributed by atoms with Gasteiger partial charge in [0.05, 0.1) is 0 Å². The predicted octanol–water partition coefficient (Wildman–Crippen LogP) is 1.61. The van der Waals surface area contributed by atoms with E-state index in [1.54, 1.807) is 0 Å². The zero-order chi connectivity index (χ0) is 14.2. The van der Waals surface area contributed by atoms with Gasteiger partial charge < -0.3 is 9.90 Å². The van der Waals surface area contributed by atoms with Gasteiger partial charge in [-0.2, -0.15) is 0 Å². The molecule has 0 atom stereocenters. The fraction of sp³-hybridized carbons (Fsp3) is 0.941. The van der Waals surface area contributed by atoms with Gasteiger partial charge in [-0.05, 0) is 12.8 Å². The summed E-state index contributed by atoms with van der Waals surface area (Å²) in [6, 6.07) is 0. The van der Waals surface area contributed by atoms with E-state index in [9.17, 15) is 9.90 Å². The summed E-state index contributed by atoms with van der Waals surface area (Å²) in [5, 5.41) is 10.2. The van der Waals surface area contributed by atoms with Gasteiger partial charge in [-0.3, -0.25) is 0 Å². The number of carbonyl (C=O) groups is 1. The standard InChI is InChI=1S/C17H34O2.Cs/c1-2-3-4-5-6-7-8-9-10-11-12-13-14-15-16-17(18)19;/h2-16H2,1H3,(H,18,19);/q;+1/p-1. The second kappa shape index (κ2) is 20.5. The van der Waals surface area contributed by atoms with Crippen LogP contribution in [-0.4, -0.2) is 5.97 Å². The molecule has 0 spiro atoms. The van der Waals surface area contributed by atoms with Gasteiger partial charge in [0, 0.05) is 5.97 Å². The van der Waals surface area contributed by atoms with Crippen LogP contribution in [0, 0.1) is 0 Å². The Bertz CT molecular complexity index is 195. The first kappa shape index (κ1) is 23.8. The molecule has 0 N–H and O–H groups in total. The van der Waals surface area contributed by atoms with Gasteiger partial charge >= 0.3 is 68.9 Å². The second-order valence-corrected chi connectivity index (χ2v) is 5.72. The third-order valence-electron chi connectivity index (χ3n) is 3.73. The number of aliphatic carboxylic acids is 1. The average Bonchev–Trinajstić information content (AvgIpc) is 2.39. The Labute approximate surface area is 185 Å². The van der Waals surface area contributed by atoms with Crippen molar-refractivity contribution in [2.24, 2.45) is 0 Å². The Hall–Kier alpha value is 1.52. The number of unbranched alkanes of at least 4 members (excludes halogenated alkanes) is 13. The number of carboxylic acids is 1. The smallest absolute Gasteiger partial charge is 0.550 e. The zero-order valence-corrected chi connectivity index (χ0v) is 20.2. The minimum Gasteiger partial charge on any atom is -0.550 e. The molecule has 0 amide bonds. The molecule has 0 bridgehead atoms. The van der Waals surface area contributed by atoms with Crippen LogP contribution in [0.2, 0.25) is 0 Å². The average molecular weight is 402 g/mol. The van der Waals surface area contributed by atoms with Crippen LogP contribution in [0.4, 0.5) is 0 Å². The van der Waals surface area contributed by atoms with E-state index in [-0.39, 0.29) is 75.3 Å². The minimum absolute atomic E-state index is 0. The van der Waals surface area contributed by atoms with Crippen LogP contribution in [0.5, 0.6) is 0 Å². The van der Waals surface area contributed by atoms with Crippen molar-refractivity contribution in [3.63, 3.8) is 0 Å². The predicted molar refractivity (Wildman–Crippen MR) is 79.9 cm³/mol. The first-order valence-corrected chi connectivity index (χ1v) is 8.47. The summed E-state index contributed by atoms with van der Waals surface area (Å²) in [6.45, 7) is 2.26. The number of rotatable bonds is 15. The van der Waals surface area contributed by atoms with Crippen LogP contribution in [0.1, 0.15) is 103 Å². The molecule has 0 rings (SSSR count). The molecule has 0 fully saturated rings. The topological polar surface area (TPSA) is 40.1 Å².